The number of aromatic carboxylic acids is 1. The number of aromatic nitrogens is 2. The molecule has 0 saturated carbocycles. The lowest BCUT2D eigenvalue weighted by Gasteiger charge is -2.12. The van der Waals surface area contributed by atoms with Gasteiger partial charge in [-0.1, -0.05) is 0 Å². The molecule has 1 aromatic heterocycles. The normalized spacial score (nSPS) is 11.4. The topological polar surface area (TPSA) is 101 Å². The summed E-state index contributed by atoms with van der Waals surface area (Å²) in [5.41, 5.74) is -0.492. The summed E-state index contributed by atoms with van der Waals surface area (Å²) in [5, 5.41) is 8.81. The van der Waals surface area contributed by atoms with Gasteiger partial charge in [0, 0.05) is 13.2 Å². The second-order valence-electron chi connectivity index (χ2n) is 4.43. The van der Waals surface area contributed by atoms with Crippen LogP contribution < -0.4 is 4.72 Å². The predicted octanol–water partition coefficient (Wildman–Crippen LogP) is 1.37. The van der Waals surface area contributed by atoms with Crippen molar-refractivity contribution in [2.24, 2.45) is 7.05 Å². The number of rotatable bonds is 4. The van der Waals surface area contributed by atoms with E-state index < -0.39 is 27.4 Å². The molecule has 21 heavy (non-hydrogen) atoms. The molecule has 0 amide bonds. The van der Waals surface area contributed by atoms with E-state index in [0.29, 0.717) is 0 Å². The molecule has 0 atom stereocenters. The third-order valence-corrected chi connectivity index (χ3v) is 3.96. The molecule has 0 spiro atoms. The largest absolute Gasteiger partial charge is 0.478 e. The summed E-state index contributed by atoms with van der Waals surface area (Å²) in [6.45, 7) is 1.41. The quantitative estimate of drug-likeness (QED) is 0.887. The molecule has 0 aliphatic rings. The molecule has 112 valence electrons. The van der Waals surface area contributed by atoms with Gasteiger partial charge in [-0.15, -0.1) is 0 Å². The van der Waals surface area contributed by atoms with Crippen LogP contribution in [0.2, 0.25) is 0 Å². The molecule has 2 aromatic rings. The Morgan fingerprint density at radius 2 is 2.10 bits per heavy atom. The average molecular weight is 313 g/mol. The number of benzene rings is 1. The standard InChI is InChI=1S/C12H12FN3O4S/c1-7-3-8(13)4-9(12(17)18)11(7)15-21(19,20)10-5-16(2)6-14-10/h3-6,15H,1-2H3,(H,17,18). The van der Waals surface area contributed by atoms with E-state index >= 15 is 0 Å². The zero-order chi connectivity index (χ0) is 15.8. The number of imidazole rings is 1. The maximum absolute atomic E-state index is 13.3. The van der Waals surface area contributed by atoms with Crippen LogP contribution in [-0.2, 0) is 17.1 Å². The number of carbonyl (C=O) groups is 1. The van der Waals surface area contributed by atoms with Gasteiger partial charge in [0.25, 0.3) is 10.0 Å². The van der Waals surface area contributed by atoms with Crippen molar-refractivity contribution in [1.82, 2.24) is 9.55 Å². The van der Waals surface area contributed by atoms with Crippen LogP contribution in [0, 0.1) is 12.7 Å². The molecule has 9 heteroatoms. The number of anilines is 1. The van der Waals surface area contributed by atoms with Crippen LogP contribution in [0.4, 0.5) is 10.1 Å². The van der Waals surface area contributed by atoms with Gasteiger partial charge in [0.1, 0.15) is 5.82 Å². The van der Waals surface area contributed by atoms with E-state index in [1.54, 1.807) is 7.05 Å². The van der Waals surface area contributed by atoms with E-state index in [2.05, 4.69) is 9.71 Å². The summed E-state index contributed by atoms with van der Waals surface area (Å²) in [6.07, 6.45) is 2.56. The number of hydrogen-bond donors (Lipinski definition) is 2. The molecule has 0 radical (unpaired) electrons. The molecule has 0 unspecified atom stereocenters. The van der Waals surface area contributed by atoms with E-state index in [4.69, 9.17) is 5.11 Å². The fraction of sp³-hybridized carbons (Fsp3) is 0.167. The fourth-order valence-electron chi connectivity index (χ4n) is 1.76. The smallest absolute Gasteiger partial charge is 0.337 e. The minimum absolute atomic E-state index is 0.159. The average Bonchev–Trinajstić information content (AvgIpc) is 2.79. The number of carboxylic acid groups (broad SMARTS) is 1. The van der Waals surface area contributed by atoms with Gasteiger partial charge in [0.2, 0.25) is 0 Å². The maximum Gasteiger partial charge on any atom is 0.337 e. The predicted molar refractivity (Wildman–Crippen MR) is 72.1 cm³/mol. The third-order valence-electron chi connectivity index (χ3n) is 2.72. The lowest BCUT2D eigenvalue weighted by Crippen LogP contribution is -2.17. The fourth-order valence-corrected chi connectivity index (χ4v) is 2.90. The summed E-state index contributed by atoms with van der Waals surface area (Å²) >= 11 is 0. The molecule has 1 heterocycles. The monoisotopic (exact) mass is 313 g/mol. The van der Waals surface area contributed by atoms with Crippen molar-refractivity contribution < 1.29 is 22.7 Å². The lowest BCUT2D eigenvalue weighted by molar-refractivity contribution is 0.0697. The Morgan fingerprint density at radius 1 is 1.43 bits per heavy atom. The van der Waals surface area contributed by atoms with Crippen LogP contribution >= 0.6 is 0 Å². The van der Waals surface area contributed by atoms with Crippen molar-refractivity contribution in [2.45, 2.75) is 11.9 Å². The molecule has 0 saturated heterocycles. The Balaban J connectivity index is 2.51. The second-order valence-corrected chi connectivity index (χ2v) is 6.06. The lowest BCUT2D eigenvalue weighted by atomic mass is 10.1. The van der Waals surface area contributed by atoms with Crippen molar-refractivity contribution in [3.63, 3.8) is 0 Å². The third kappa shape index (κ3) is 3.02. The Labute approximate surface area is 120 Å². The van der Waals surface area contributed by atoms with Crippen LogP contribution in [0.25, 0.3) is 0 Å². The first-order valence-corrected chi connectivity index (χ1v) is 7.23. The van der Waals surface area contributed by atoms with Crippen molar-refractivity contribution in [1.29, 1.82) is 0 Å². The van der Waals surface area contributed by atoms with Crippen LogP contribution in [-0.4, -0.2) is 29.0 Å². The molecule has 2 rings (SSSR count). The van der Waals surface area contributed by atoms with E-state index in [1.165, 1.54) is 24.0 Å². The highest BCUT2D eigenvalue weighted by Crippen LogP contribution is 2.25. The number of nitrogens with one attached hydrogen (secondary N) is 1. The Kier molecular flexibility index (Phi) is 3.69. The van der Waals surface area contributed by atoms with Gasteiger partial charge in [0.05, 0.1) is 17.6 Å². The Bertz CT molecular complexity index is 814. The summed E-state index contributed by atoms with van der Waals surface area (Å²) in [6, 6.07) is 1.80. The minimum atomic E-state index is -4.05. The zero-order valence-electron chi connectivity index (χ0n) is 11.2. The highest BCUT2D eigenvalue weighted by Gasteiger charge is 2.22. The molecule has 0 aliphatic carbocycles. The van der Waals surface area contributed by atoms with Gasteiger partial charge < -0.3 is 9.67 Å². The van der Waals surface area contributed by atoms with E-state index in [9.17, 15) is 17.6 Å². The molecular weight excluding hydrogens is 301 g/mol. The van der Waals surface area contributed by atoms with Crippen LogP contribution in [0.3, 0.4) is 0 Å². The van der Waals surface area contributed by atoms with Crippen molar-refractivity contribution in [3.05, 3.63) is 41.6 Å². The molecule has 0 aliphatic heterocycles. The maximum atomic E-state index is 13.3. The number of nitrogens with zero attached hydrogens (tertiary/aromatic N) is 2. The van der Waals surface area contributed by atoms with Gasteiger partial charge in [-0.05, 0) is 24.6 Å². The number of hydrogen-bond acceptors (Lipinski definition) is 4. The SMILES string of the molecule is Cc1cc(F)cc(C(=O)O)c1NS(=O)(=O)c1cn(C)cn1. The van der Waals surface area contributed by atoms with Gasteiger partial charge in [0.15, 0.2) is 5.03 Å². The summed E-state index contributed by atoms with van der Waals surface area (Å²) in [4.78, 5) is 14.8. The number of halogens is 1. The van der Waals surface area contributed by atoms with Gasteiger partial charge in [-0.25, -0.2) is 14.2 Å². The summed E-state index contributed by atoms with van der Waals surface area (Å²) in [7, 11) is -2.46. The highest BCUT2D eigenvalue weighted by atomic mass is 32.2. The molecule has 0 bridgehead atoms. The van der Waals surface area contributed by atoms with Crippen LogP contribution in [0.15, 0.2) is 29.7 Å². The summed E-state index contributed by atoms with van der Waals surface area (Å²) in [5.74, 6) is -2.19. The minimum Gasteiger partial charge on any atom is -0.478 e. The number of aryl methyl sites for hydroxylation is 2. The van der Waals surface area contributed by atoms with E-state index in [1.807, 2.05) is 0 Å². The number of carboxylic acids is 1. The van der Waals surface area contributed by atoms with Gasteiger partial charge in [-0.3, -0.25) is 4.72 Å². The molecule has 0 fully saturated rings. The number of sulfonamides is 1. The Morgan fingerprint density at radius 3 is 2.62 bits per heavy atom. The first kappa shape index (κ1) is 15.0. The zero-order valence-corrected chi connectivity index (χ0v) is 12.0. The van der Waals surface area contributed by atoms with Crippen LogP contribution in [0.1, 0.15) is 15.9 Å². The van der Waals surface area contributed by atoms with Gasteiger partial charge >= 0.3 is 5.97 Å². The first-order chi connectivity index (χ1) is 9.70. The second kappa shape index (κ2) is 5.17. The first-order valence-electron chi connectivity index (χ1n) is 5.75. The Hall–Kier alpha value is -2.42. The van der Waals surface area contributed by atoms with E-state index in [-0.39, 0.29) is 16.3 Å². The highest BCUT2D eigenvalue weighted by molar-refractivity contribution is 7.92. The van der Waals surface area contributed by atoms with Gasteiger partial charge in [-0.2, -0.15) is 8.42 Å². The van der Waals surface area contributed by atoms with Crippen LogP contribution in [0.5, 0.6) is 0 Å². The molecular formula is C12H12FN3O4S. The van der Waals surface area contributed by atoms with Crippen molar-refractivity contribution >= 4 is 21.7 Å². The van der Waals surface area contributed by atoms with E-state index in [0.717, 1.165) is 12.1 Å². The molecule has 2 N–H and O–H groups in total. The van der Waals surface area contributed by atoms with Crippen molar-refractivity contribution in [2.75, 3.05) is 4.72 Å². The summed E-state index contributed by atoms with van der Waals surface area (Å²) < 4.78 is 41.2. The molecule has 1 aromatic carbocycles. The van der Waals surface area contributed by atoms with Crippen molar-refractivity contribution in [3.8, 4) is 0 Å². The molecule has 7 nitrogen and oxygen atoms in total.